The maximum atomic E-state index is 5.57. The fourth-order valence-electron chi connectivity index (χ4n) is 2.13. The van der Waals surface area contributed by atoms with Crippen LogP contribution in [0.2, 0.25) is 0 Å². The molecule has 0 amide bonds. The van der Waals surface area contributed by atoms with E-state index in [-0.39, 0.29) is 0 Å². The van der Waals surface area contributed by atoms with Crippen LogP contribution >= 0.6 is 0 Å². The van der Waals surface area contributed by atoms with Gasteiger partial charge in [0.2, 0.25) is 0 Å². The average molecular weight is 206 g/mol. The van der Waals surface area contributed by atoms with Crippen LogP contribution in [-0.4, -0.2) is 29.6 Å². The summed E-state index contributed by atoms with van der Waals surface area (Å²) in [5.74, 6) is 2.64. The highest BCUT2D eigenvalue weighted by atomic mass is 15.2. The normalized spacial score (nSPS) is 20.9. The van der Waals surface area contributed by atoms with Crippen molar-refractivity contribution in [2.75, 3.05) is 24.5 Å². The van der Waals surface area contributed by atoms with Crippen molar-refractivity contribution >= 4 is 5.82 Å². The van der Waals surface area contributed by atoms with Crippen molar-refractivity contribution in [1.82, 2.24) is 9.97 Å². The number of rotatable bonds is 3. The summed E-state index contributed by atoms with van der Waals surface area (Å²) in [4.78, 5) is 10.9. The van der Waals surface area contributed by atoms with Crippen LogP contribution in [0.4, 0.5) is 5.82 Å². The van der Waals surface area contributed by atoms with Crippen molar-refractivity contribution in [3.05, 3.63) is 18.1 Å². The van der Waals surface area contributed by atoms with E-state index in [0.717, 1.165) is 43.6 Å². The first-order chi connectivity index (χ1) is 7.29. The molecule has 0 aromatic carbocycles. The second-order valence-corrected chi connectivity index (χ2v) is 4.14. The molecular formula is C11H18N4. The molecule has 1 saturated heterocycles. The Morgan fingerprint density at radius 1 is 1.60 bits per heavy atom. The van der Waals surface area contributed by atoms with Crippen LogP contribution < -0.4 is 10.6 Å². The zero-order chi connectivity index (χ0) is 10.7. The molecule has 4 nitrogen and oxygen atoms in total. The molecule has 1 fully saturated rings. The lowest BCUT2D eigenvalue weighted by molar-refractivity contribution is 0.546. The first kappa shape index (κ1) is 10.4. The number of nitrogens with zero attached hydrogens (tertiary/aromatic N) is 3. The molecule has 1 atom stereocenters. The quantitative estimate of drug-likeness (QED) is 0.800. The lowest BCUT2D eigenvalue weighted by Gasteiger charge is -2.17. The van der Waals surface area contributed by atoms with Gasteiger partial charge in [0, 0.05) is 19.3 Å². The second kappa shape index (κ2) is 4.57. The summed E-state index contributed by atoms with van der Waals surface area (Å²) in [5.41, 5.74) is 5.57. The molecule has 0 bridgehead atoms. The van der Waals surface area contributed by atoms with Crippen molar-refractivity contribution in [2.45, 2.75) is 19.8 Å². The molecule has 15 heavy (non-hydrogen) atoms. The predicted octanol–water partition coefficient (Wildman–Crippen LogP) is 0.960. The Kier molecular flexibility index (Phi) is 3.16. The number of aryl methyl sites for hydroxylation is 1. The Morgan fingerprint density at radius 3 is 3.20 bits per heavy atom. The van der Waals surface area contributed by atoms with Gasteiger partial charge in [0.05, 0.1) is 0 Å². The number of anilines is 1. The highest BCUT2D eigenvalue weighted by Crippen LogP contribution is 2.23. The van der Waals surface area contributed by atoms with E-state index in [0.29, 0.717) is 0 Å². The fraction of sp³-hybridized carbons (Fsp3) is 0.636. The smallest absolute Gasteiger partial charge is 0.132 e. The minimum absolute atomic E-state index is 0.741. The summed E-state index contributed by atoms with van der Waals surface area (Å²) in [6, 6.07) is 1.98. The first-order valence-electron chi connectivity index (χ1n) is 5.54. The van der Waals surface area contributed by atoms with Gasteiger partial charge in [-0.05, 0) is 38.3 Å². The maximum absolute atomic E-state index is 5.57. The molecule has 0 aliphatic carbocycles. The summed E-state index contributed by atoms with van der Waals surface area (Å²) < 4.78 is 0. The average Bonchev–Trinajstić information content (AvgIpc) is 2.67. The molecular weight excluding hydrogens is 188 g/mol. The van der Waals surface area contributed by atoms with Crippen LogP contribution in [-0.2, 0) is 0 Å². The van der Waals surface area contributed by atoms with E-state index >= 15 is 0 Å². The van der Waals surface area contributed by atoms with Gasteiger partial charge in [-0.3, -0.25) is 0 Å². The number of hydrogen-bond donors (Lipinski definition) is 1. The van der Waals surface area contributed by atoms with Gasteiger partial charge in [0.1, 0.15) is 11.6 Å². The van der Waals surface area contributed by atoms with E-state index in [9.17, 15) is 0 Å². The van der Waals surface area contributed by atoms with Gasteiger partial charge in [-0.2, -0.15) is 0 Å². The van der Waals surface area contributed by atoms with Crippen LogP contribution in [0.1, 0.15) is 18.7 Å². The third-order valence-electron chi connectivity index (χ3n) is 2.95. The molecule has 1 aliphatic heterocycles. The highest BCUT2D eigenvalue weighted by molar-refractivity contribution is 5.38. The zero-order valence-corrected chi connectivity index (χ0v) is 9.19. The number of aromatic nitrogens is 2. The number of nitrogens with two attached hydrogens (primary N) is 1. The van der Waals surface area contributed by atoms with E-state index in [1.54, 1.807) is 0 Å². The summed E-state index contributed by atoms with van der Waals surface area (Å²) in [7, 11) is 0. The molecule has 2 N–H and O–H groups in total. The van der Waals surface area contributed by atoms with E-state index < -0.39 is 0 Å². The van der Waals surface area contributed by atoms with E-state index in [4.69, 9.17) is 5.73 Å². The lowest BCUT2D eigenvalue weighted by atomic mass is 10.1. The summed E-state index contributed by atoms with van der Waals surface area (Å²) in [6.07, 6.45) is 4.19. The minimum atomic E-state index is 0.741. The second-order valence-electron chi connectivity index (χ2n) is 4.14. The molecule has 1 aromatic rings. The third-order valence-corrected chi connectivity index (χ3v) is 2.95. The van der Waals surface area contributed by atoms with Crippen molar-refractivity contribution in [3.63, 3.8) is 0 Å². The van der Waals surface area contributed by atoms with E-state index in [1.807, 2.05) is 19.2 Å². The Morgan fingerprint density at radius 2 is 2.47 bits per heavy atom. The van der Waals surface area contributed by atoms with Crippen LogP contribution in [0.3, 0.4) is 0 Å². The Bertz CT molecular complexity index is 326. The van der Waals surface area contributed by atoms with Crippen LogP contribution in [0.15, 0.2) is 12.3 Å². The first-order valence-corrected chi connectivity index (χ1v) is 5.54. The lowest BCUT2D eigenvalue weighted by Crippen LogP contribution is -2.21. The SMILES string of the molecule is Cc1nccc(N2CCC(CCN)C2)n1. The summed E-state index contributed by atoms with van der Waals surface area (Å²) >= 11 is 0. The molecule has 0 saturated carbocycles. The fourth-order valence-corrected chi connectivity index (χ4v) is 2.13. The van der Waals surface area contributed by atoms with Gasteiger partial charge in [0.25, 0.3) is 0 Å². The number of hydrogen-bond acceptors (Lipinski definition) is 4. The summed E-state index contributed by atoms with van der Waals surface area (Å²) in [6.45, 7) is 4.91. The van der Waals surface area contributed by atoms with Crippen LogP contribution in [0.5, 0.6) is 0 Å². The molecule has 1 aromatic heterocycles. The molecule has 1 aliphatic rings. The van der Waals surface area contributed by atoms with Gasteiger partial charge < -0.3 is 10.6 Å². The topological polar surface area (TPSA) is 55.0 Å². The van der Waals surface area contributed by atoms with E-state index in [1.165, 1.54) is 6.42 Å². The molecule has 0 radical (unpaired) electrons. The summed E-state index contributed by atoms with van der Waals surface area (Å²) in [5, 5.41) is 0. The molecule has 4 heteroatoms. The van der Waals surface area contributed by atoms with E-state index in [2.05, 4.69) is 14.9 Å². The van der Waals surface area contributed by atoms with Gasteiger partial charge >= 0.3 is 0 Å². The monoisotopic (exact) mass is 206 g/mol. The zero-order valence-electron chi connectivity index (χ0n) is 9.19. The largest absolute Gasteiger partial charge is 0.356 e. The highest BCUT2D eigenvalue weighted by Gasteiger charge is 2.22. The molecule has 0 spiro atoms. The van der Waals surface area contributed by atoms with Crippen molar-refractivity contribution in [1.29, 1.82) is 0 Å². The molecule has 1 unspecified atom stereocenters. The van der Waals surface area contributed by atoms with Gasteiger partial charge in [-0.15, -0.1) is 0 Å². The molecule has 82 valence electrons. The van der Waals surface area contributed by atoms with Crippen molar-refractivity contribution in [2.24, 2.45) is 11.7 Å². The van der Waals surface area contributed by atoms with Crippen LogP contribution in [0.25, 0.3) is 0 Å². The standard InChI is InChI=1S/C11H18N4/c1-9-13-6-3-11(14-9)15-7-4-10(8-15)2-5-12/h3,6,10H,2,4-5,7-8,12H2,1H3. The predicted molar refractivity (Wildman–Crippen MR) is 60.8 cm³/mol. The Labute approximate surface area is 90.5 Å². The van der Waals surface area contributed by atoms with Gasteiger partial charge in [-0.25, -0.2) is 9.97 Å². The van der Waals surface area contributed by atoms with Gasteiger partial charge in [0.15, 0.2) is 0 Å². The third kappa shape index (κ3) is 2.45. The molecule has 2 rings (SSSR count). The van der Waals surface area contributed by atoms with Crippen LogP contribution in [0, 0.1) is 12.8 Å². The van der Waals surface area contributed by atoms with Gasteiger partial charge in [-0.1, -0.05) is 0 Å². The van der Waals surface area contributed by atoms with Crippen molar-refractivity contribution < 1.29 is 0 Å². The Balaban J connectivity index is 2.01. The maximum Gasteiger partial charge on any atom is 0.132 e. The molecule has 2 heterocycles. The minimum Gasteiger partial charge on any atom is -0.356 e. The Hall–Kier alpha value is -1.16. The van der Waals surface area contributed by atoms with Crippen molar-refractivity contribution in [3.8, 4) is 0 Å².